The van der Waals surface area contributed by atoms with Gasteiger partial charge in [0, 0.05) is 20.1 Å². The molecule has 1 aliphatic rings. The smallest absolute Gasteiger partial charge is 0.179 e. The van der Waals surface area contributed by atoms with E-state index in [9.17, 15) is 0 Å². The molecule has 3 rings (SSSR count). The predicted octanol–water partition coefficient (Wildman–Crippen LogP) is 1.46. The van der Waals surface area contributed by atoms with E-state index >= 15 is 0 Å². The van der Waals surface area contributed by atoms with Crippen LogP contribution in [0, 0.1) is 11.7 Å². The quantitative estimate of drug-likeness (QED) is 0.871. The number of hydrogen-bond acceptors (Lipinski definition) is 4. The van der Waals surface area contributed by atoms with E-state index < -0.39 is 0 Å². The Bertz CT molecular complexity index is 670. The van der Waals surface area contributed by atoms with Crippen LogP contribution in [0.25, 0.3) is 11.2 Å². The number of likely N-dealkylation sites (N-methyl/N-ethyl adjacent to an activating group) is 1. The van der Waals surface area contributed by atoms with Crippen LogP contribution in [0.4, 0.5) is 0 Å². The molecule has 2 aromatic heterocycles. The third kappa shape index (κ3) is 2.30. The van der Waals surface area contributed by atoms with Crippen molar-refractivity contribution in [2.75, 3.05) is 26.2 Å². The van der Waals surface area contributed by atoms with Crippen LogP contribution in [-0.4, -0.2) is 56.6 Å². The molecule has 110 valence electrons. The third-order valence-corrected chi connectivity index (χ3v) is 4.30. The summed E-state index contributed by atoms with van der Waals surface area (Å²) < 4.78 is 10.6. The molecule has 1 atom stereocenters. The number of nitrogens with one attached hydrogen (secondary N) is 1. The van der Waals surface area contributed by atoms with Crippen molar-refractivity contribution in [1.82, 2.24) is 24.2 Å². The van der Waals surface area contributed by atoms with Crippen LogP contribution in [0.15, 0.2) is 0 Å². The number of ether oxygens (including phenoxy) is 1. The molecule has 0 saturated carbocycles. The SMILES string of the molecule is CCN1CCOC(Cn2c(=S)[nH]c3c(C)nn(C)c32)C1. The summed E-state index contributed by atoms with van der Waals surface area (Å²) in [7, 11) is 1.95. The first-order valence-corrected chi connectivity index (χ1v) is 7.47. The molecule has 2 aromatic rings. The fourth-order valence-corrected chi connectivity index (χ4v) is 3.19. The molecule has 0 bridgehead atoms. The summed E-state index contributed by atoms with van der Waals surface area (Å²) in [5.74, 6) is 0. The molecule has 1 saturated heterocycles. The fourth-order valence-electron chi connectivity index (χ4n) is 2.92. The van der Waals surface area contributed by atoms with Gasteiger partial charge in [0.15, 0.2) is 10.4 Å². The molecule has 0 spiro atoms. The van der Waals surface area contributed by atoms with Crippen molar-refractivity contribution in [3.05, 3.63) is 10.5 Å². The first kappa shape index (κ1) is 13.8. The van der Waals surface area contributed by atoms with Crippen molar-refractivity contribution >= 4 is 23.4 Å². The maximum atomic E-state index is 5.88. The highest BCUT2D eigenvalue weighted by Gasteiger charge is 2.22. The van der Waals surface area contributed by atoms with Crippen LogP contribution in [0.1, 0.15) is 12.6 Å². The first-order chi connectivity index (χ1) is 9.60. The molecule has 7 heteroatoms. The maximum absolute atomic E-state index is 5.88. The summed E-state index contributed by atoms with van der Waals surface area (Å²) in [4.78, 5) is 5.67. The minimum Gasteiger partial charge on any atom is -0.374 e. The Morgan fingerprint density at radius 2 is 2.30 bits per heavy atom. The van der Waals surface area contributed by atoms with E-state index in [1.807, 2.05) is 18.7 Å². The Labute approximate surface area is 123 Å². The molecule has 3 heterocycles. The summed E-state index contributed by atoms with van der Waals surface area (Å²) in [6.07, 6.45) is 0.185. The maximum Gasteiger partial charge on any atom is 0.179 e. The number of hydrogen-bond donors (Lipinski definition) is 1. The van der Waals surface area contributed by atoms with Crippen molar-refractivity contribution in [3.8, 4) is 0 Å². The molecular formula is C13H21N5OS. The van der Waals surface area contributed by atoms with Crippen LogP contribution in [0.2, 0.25) is 0 Å². The zero-order valence-corrected chi connectivity index (χ0v) is 13.0. The largest absolute Gasteiger partial charge is 0.374 e. The molecule has 1 N–H and O–H groups in total. The van der Waals surface area contributed by atoms with Crippen LogP contribution in [0.5, 0.6) is 0 Å². The lowest BCUT2D eigenvalue weighted by atomic mass is 10.2. The Hall–Kier alpha value is -1.18. The van der Waals surface area contributed by atoms with E-state index in [1.54, 1.807) is 0 Å². The van der Waals surface area contributed by atoms with Gasteiger partial charge in [-0.15, -0.1) is 0 Å². The number of morpholine rings is 1. The van der Waals surface area contributed by atoms with Gasteiger partial charge in [0.25, 0.3) is 0 Å². The summed E-state index contributed by atoms with van der Waals surface area (Å²) in [6, 6.07) is 0. The van der Waals surface area contributed by atoms with E-state index in [1.165, 1.54) is 0 Å². The number of rotatable bonds is 3. The number of H-pyrrole nitrogens is 1. The number of aryl methyl sites for hydroxylation is 2. The molecule has 1 fully saturated rings. The van der Waals surface area contributed by atoms with E-state index in [2.05, 4.69) is 26.5 Å². The molecule has 0 aromatic carbocycles. The average Bonchev–Trinajstić information content (AvgIpc) is 2.89. The monoisotopic (exact) mass is 295 g/mol. The van der Waals surface area contributed by atoms with Crippen molar-refractivity contribution in [2.45, 2.75) is 26.5 Å². The summed E-state index contributed by atoms with van der Waals surface area (Å²) in [5.41, 5.74) is 3.05. The lowest BCUT2D eigenvalue weighted by molar-refractivity contribution is -0.0340. The van der Waals surface area contributed by atoms with E-state index in [4.69, 9.17) is 17.0 Å². The second-order valence-electron chi connectivity index (χ2n) is 5.33. The lowest BCUT2D eigenvalue weighted by Gasteiger charge is -2.32. The molecular weight excluding hydrogens is 274 g/mol. The average molecular weight is 295 g/mol. The molecule has 6 nitrogen and oxygen atoms in total. The topological polar surface area (TPSA) is 51.0 Å². The highest BCUT2D eigenvalue weighted by Crippen LogP contribution is 2.18. The second kappa shape index (κ2) is 5.31. The van der Waals surface area contributed by atoms with Crippen molar-refractivity contribution in [2.24, 2.45) is 7.05 Å². The summed E-state index contributed by atoms with van der Waals surface area (Å²) in [5, 5.41) is 4.44. The van der Waals surface area contributed by atoms with Crippen molar-refractivity contribution < 1.29 is 4.74 Å². The van der Waals surface area contributed by atoms with E-state index in [0.717, 1.165) is 54.4 Å². The van der Waals surface area contributed by atoms with Gasteiger partial charge in [-0.1, -0.05) is 6.92 Å². The minimum atomic E-state index is 0.185. The number of nitrogens with zero attached hydrogens (tertiary/aromatic N) is 4. The summed E-state index contributed by atoms with van der Waals surface area (Å²) >= 11 is 5.45. The second-order valence-corrected chi connectivity index (χ2v) is 5.72. The van der Waals surface area contributed by atoms with Gasteiger partial charge < -0.3 is 9.72 Å². The van der Waals surface area contributed by atoms with Gasteiger partial charge in [0.05, 0.1) is 24.9 Å². The van der Waals surface area contributed by atoms with Crippen molar-refractivity contribution in [1.29, 1.82) is 0 Å². The van der Waals surface area contributed by atoms with Gasteiger partial charge in [0.1, 0.15) is 5.52 Å². The molecule has 20 heavy (non-hydrogen) atoms. The Balaban J connectivity index is 1.90. The van der Waals surface area contributed by atoms with Crippen LogP contribution in [-0.2, 0) is 18.3 Å². The van der Waals surface area contributed by atoms with Gasteiger partial charge in [-0.05, 0) is 25.7 Å². The highest BCUT2D eigenvalue weighted by molar-refractivity contribution is 7.71. The molecule has 0 amide bonds. The first-order valence-electron chi connectivity index (χ1n) is 7.06. The molecule has 0 radical (unpaired) electrons. The molecule has 0 aliphatic carbocycles. The van der Waals surface area contributed by atoms with Crippen LogP contribution >= 0.6 is 12.2 Å². The summed E-state index contributed by atoms with van der Waals surface area (Å²) in [6.45, 7) is 8.80. The van der Waals surface area contributed by atoms with E-state index in [-0.39, 0.29) is 6.10 Å². The van der Waals surface area contributed by atoms with Gasteiger partial charge in [0.2, 0.25) is 0 Å². The normalized spacial score (nSPS) is 20.9. The third-order valence-electron chi connectivity index (χ3n) is 3.98. The minimum absolute atomic E-state index is 0.185. The molecule has 1 unspecified atom stereocenters. The number of aromatic nitrogens is 4. The van der Waals surface area contributed by atoms with E-state index in [0.29, 0.717) is 0 Å². The Morgan fingerprint density at radius 1 is 1.50 bits per heavy atom. The Kier molecular flexibility index (Phi) is 3.66. The van der Waals surface area contributed by atoms with Gasteiger partial charge in [-0.25, -0.2) is 0 Å². The number of aromatic amines is 1. The van der Waals surface area contributed by atoms with Gasteiger partial charge >= 0.3 is 0 Å². The predicted molar refractivity (Wildman–Crippen MR) is 80.5 cm³/mol. The molecule has 1 aliphatic heterocycles. The highest BCUT2D eigenvalue weighted by atomic mass is 32.1. The number of imidazole rings is 1. The standard InChI is InChI=1S/C13H21N5OS/c1-4-17-5-6-19-10(7-17)8-18-12-11(14-13(18)20)9(2)15-16(12)3/h10H,4-8H2,1-3H3,(H,14,20). The lowest BCUT2D eigenvalue weighted by Crippen LogP contribution is -2.44. The van der Waals surface area contributed by atoms with Crippen LogP contribution < -0.4 is 0 Å². The van der Waals surface area contributed by atoms with Crippen molar-refractivity contribution in [3.63, 3.8) is 0 Å². The van der Waals surface area contributed by atoms with Crippen LogP contribution in [0.3, 0.4) is 0 Å². The zero-order valence-electron chi connectivity index (χ0n) is 12.2. The van der Waals surface area contributed by atoms with Gasteiger partial charge in [-0.3, -0.25) is 14.1 Å². The Morgan fingerprint density at radius 3 is 3.05 bits per heavy atom. The van der Waals surface area contributed by atoms with Gasteiger partial charge in [-0.2, -0.15) is 5.10 Å². The fraction of sp³-hybridized carbons (Fsp3) is 0.692. The number of fused-ring (bicyclic) bond motifs is 1. The zero-order chi connectivity index (χ0) is 14.3.